The van der Waals surface area contributed by atoms with Crippen LogP contribution in [0.15, 0.2) is 162 Å². The van der Waals surface area contributed by atoms with Gasteiger partial charge in [0.1, 0.15) is 5.82 Å². The lowest BCUT2D eigenvalue weighted by Gasteiger charge is -2.23. The molecule has 0 fully saturated rings. The summed E-state index contributed by atoms with van der Waals surface area (Å²) >= 11 is 0. The topological polar surface area (TPSA) is 42.5 Å². The lowest BCUT2D eigenvalue weighted by Crippen LogP contribution is -2.18. The minimum Gasteiger partial charge on any atom is -0.292 e. The molecule has 200 valence electrons. The Labute approximate surface area is 241 Å². The molecular formula is C37H32N4. The molecule has 6 rings (SSSR count). The van der Waals surface area contributed by atoms with Gasteiger partial charge in [-0.3, -0.25) is 4.57 Å². The first-order valence-corrected chi connectivity index (χ1v) is 14.0. The highest BCUT2D eigenvalue weighted by atomic mass is 15.1. The fourth-order valence-corrected chi connectivity index (χ4v) is 5.28. The number of amidine groups is 1. The average Bonchev–Trinajstić information content (AvgIpc) is 3.43. The molecule has 0 bridgehead atoms. The van der Waals surface area contributed by atoms with E-state index in [1.165, 1.54) is 0 Å². The summed E-state index contributed by atoms with van der Waals surface area (Å²) in [6.07, 6.45) is 20.5. The second kappa shape index (κ2) is 12.0. The van der Waals surface area contributed by atoms with Gasteiger partial charge in [-0.05, 0) is 48.8 Å². The number of para-hydroxylation sites is 3. The molecule has 2 heterocycles. The van der Waals surface area contributed by atoms with Crippen molar-refractivity contribution in [3.05, 3.63) is 158 Å². The van der Waals surface area contributed by atoms with Crippen LogP contribution in [-0.4, -0.2) is 21.1 Å². The summed E-state index contributed by atoms with van der Waals surface area (Å²) < 4.78 is 2.21. The van der Waals surface area contributed by atoms with Gasteiger partial charge >= 0.3 is 0 Å². The van der Waals surface area contributed by atoms with Gasteiger partial charge in [0.05, 0.1) is 16.7 Å². The molecule has 1 aliphatic heterocycles. The summed E-state index contributed by atoms with van der Waals surface area (Å²) in [6.45, 7) is 8.50. The Balaban J connectivity index is 1.39. The standard InChI is InChI=1S/C37H32N4/c1-3-28-15-10-11-18-32(28)27(2)33-19-9-4-5-14-26-38-36(39-33)29-22-24-30(25-23-29)37-40-34-20-12-13-21-35(34)41(37)31-16-7-6-8-17-31/h3,6-26,28,32H,1-2,4-5H2/b19-9?,26-14+,38-36?,39-33?. The van der Waals surface area contributed by atoms with Crippen molar-refractivity contribution in [2.45, 2.75) is 12.8 Å². The van der Waals surface area contributed by atoms with E-state index in [0.29, 0.717) is 5.84 Å². The van der Waals surface area contributed by atoms with Crippen molar-refractivity contribution in [2.75, 3.05) is 0 Å². The van der Waals surface area contributed by atoms with Gasteiger partial charge in [0.25, 0.3) is 0 Å². The van der Waals surface area contributed by atoms with Crippen molar-refractivity contribution in [2.24, 2.45) is 21.8 Å². The molecule has 0 amide bonds. The molecule has 2 unspecified atom stereocenters. The number of aromatic nitrogens is 2. The van der Waals surface area contributed by atoms with E-state index in [0.717, 1.165) is 57.8 Å². The minimum absolute atomic E-state index is 0.106. The van der Waals surface area contributed by atoms with Crippen LogP contribution >= 0.6 is 0 Å². The van der Waals surface area contributed by atoms with Gasteiger partial charge < -0.3 is 0 Å². The monoisotopic (exact) mass is 532 g/mol. The van der Waals surface area contributed by atoms with Crippen molar-refractivity contribution in [3.63, 3.8) is 0 Å². The summed E-state index contributed by atoms with van der Waals surface area (Å²) in [5, 5.41) is 0. The molecule has 41 heavy (non-hydrogen) atoms. The molecular weight excluding hydrogens is 500 g/mol. The third-order valence-corrected chi connectivity index (χ3v) is 7.46. The molecule has 0 saturated carbocycles. The Morgan fingerprint density at radius 2 is 1.56 bits per heavy atom. The predicted octanol–water partition coefficient (Wildman–Crippen LogP) is 8.84. The van der Waals surface area contributed by atoms with Crippen molar-refractivity contribution in [3.8, 4) is 17.1 Å². The van der Waals surface area contributed by atoms with E-state index in [9.17, 15) is 0 Å². The van der Waals surface area contributed by atoms with Crippen LogP contribution in [0.25, 0.3) is 28.1 Å². The Bertz CT molecular complexity index is 1760. The molecule has 1 aliphatic carbocycles. The quantitative estimate of drug-likeness (QED) is 0.229. The molecule has 0 radical (unpaired) electrons. The van der Waals surface area contributed by atoms with E-state index in [2.05, 4.69) is 127 Å². The van der Waals surface area contributed by atoms with Gasteiger partial charge in [-0.1, -0.05) is 104 Å². The van der Waals surface area contributed by atoms with Gasteiger partial charge in [0, 0.05) is 34.9 Å². The minimum atomic E-state index is 0.106. The van der Waals surface area contributed by atoms with Crippen LogP contribution in [0.2, 0.25) is 0 Å². The van der Waals surface area contributed by atoms with Crippen LogP contribution in [0.3, 0.4) is 0 Å². The Kier molecular flexibility index (Phi) is 7.63. The number of allylic oxidation sites excluding steroid dienone is 9. The number of nitrogens with zero attached hydrogens (tertiary/aromatic N) is 4. The van der Waals surface area contributed by atoms with Gasteiger partial charge in [-0.25, -0.2) is 15.0 Å². The second-order valence-electron chi connectivity index (χ2n) is 10.1. The van der Waals surface area contributed by atoms with E-state index >= 15 is 0 Å². The lowest BCUT2D eigenvalue weighted by atomic mass is 9.81. The van der Waals surface area contributed by atoms with Crippen LogP contribution in [0.4, 0.5) is 0 Å². The maximum absolute atomic E-state index is 5.07. The Morgan fingerprint density at radius 1 is 0.829 bits per heavy atom. The second-order valence-corrected chi connectivity index (χ2v) is 10.1. The SMILES string of the molecule is C=CC1C=CC=CC1C(=C)C1=NC(c2ccc(-c3nc4ccccc4n3-c3ccccc3)cc2)=N/C=C/CCC=C1. The van der Waals surface area contributed by atoms with Crippen molar-refractivity contribution in [1.82, 2.24) is 9.55 Å². The van der Waals surface area contributed by atoms with E-state index in [1.807, 2.05) is 24.4 Å². The van der Waals surface area contributed by atoms with E-state index < -0.39 is 0 Å². The summed E-state index contributed by atoms with van der Waals surface area (Å²) in [4.78, 5) is 14.9. The number of imidazole rings is 1. The first kappa shape index (κ1) is 26.1. The first-order chi connectivity index (χ1) is 20.2. The third kappa shape index (κ3) is 5.50. The first-order valence-electron chi connectivity index (χ1n) is 14.0. The normalized spacial score (nSPS) is 19.4. The lowest BCUT2D eigenvalue weighted by molar-refractivity contribution is 0.654. The molecule has 4 nitrogen and oxygen atoms in total. The smallest absolute Gasteiger partial charge is 0.159 e. The van der Waals surface area contributed by atoms with E-state index in [4.69, 9.17) is 15.0 Å². The summed E-state index contributed by atoms with van der Waals surface area (Å²) in [5.74, 6) is 1.83. The van der Waals surface area contributed by atoms with Crippen LogP contribution in [0.5, 0.6) is 0 Å². The molecule has 2 atom stereocenters. The van der Waals surface area contributed by atoms with Crippen LogP contribution in [0.1, 0.15) is 18.4 Å². The number of benzene rings is 3. The fourth-order valence-electron chi connectivity index (χ4n) is 5.28. The molecule has 4 heteroatoms. The van der Waals surface area contributed by atoms with Crippen molar-refractivity contribution >= 4 is 22.6 Å². The van der Waals surface area contributed by atoms with Crippen molar-refractivity contribution in [1.29, 1.82) is 0 Å². The third-order valence-electron chi connectivity index (χ3n) is 7.46. The Morgan fingerprint density at radius 3 is 2.39 bits per heavy atom. The highest BCUT2D eigenvalue weighted by Crippen LogP contribution is 2.30. The average molecular weight is 533 g/mol. The zero-order valence-corrected chi connectivity index (χ0v) is 23.0. The largest absolute Gasteiger partial charge is 0.292 e. The van der Waals surface area contributed by atoms with Crippen LogP contribution in [0, 0.1) is 11.8 Å². The molecule has 0 spiro atoms. The number of rotatable bonds is 6. The van der Waals surface area contributed by atoms with E-state index in [1.54, 1.807) is 0 Å². The summed E-state index contributed by atoms with van der Waals surface area (Å²) in [7, 11) is 0. The summed E-state index contributed by atoms with van der Waals surface area (Å²) in [6, 6.07) is 26.9. The molecule has 2 aliphatic rings. The highest BCUT2D eigenvalue weighted by molar-refractivity contribution is 6.17. The number of fused-ring (bicyclic) bond motifs is 1. The molecule has 3 aromatic carbocycles. The molecule has 1 aromatic heterocycles. The maximum atomic E-state index is 5.07. The van der Waals surface area contributed by atoms with Gasteiger partial charge in [-0.2, -0.15) is 0 Å². The van der Waals surface area contributed by atoms with Crippen LogP contribution in [-0.2, 0) is 0 Å². The van der Waals surface area contributed by atoms with Gasteiger partial charge in [0.15, 0.2) is 5.84 Å². The van der Waals surface area contributed by atoms with Gasteiger partial charge in [0.2, 0.25) is 0 Å². The molecule has 0 saturated heterocycles. The maximum Gasteiger partial charge on any atom is 0.159 e. The predicted molar refractivity (Wildman–Crippen MR) is 173 cm³/mol. The van der Waals surface area contributed by atoms with Crippen LogP contribution < -0.4 is 0 Å². The summed E-state index contributed by atoms with van der Waals surface area (Å²) in [5.41, 5.74) is 6.85. The number of hydrogen-bond donors (Lipinski definition) is 0. The molecule has 0 N–H and O–H groups in total. The molecule has 4 aromatic rings. The highest BCUT2D eigenvalue weighted by Gasteiger charge is 2.22. The Hall–Kier alpha value is -5.09. The van der Waals surface area contributed by atoms with Crippen molar-refractivity contribution < 1.29 is 0 Å². The number of aliphatic imine (C=N–C) groups is 2. The zero-order valence-electron chi connectivity index (χ0n) is 23.0. The zero-order chi connectivity index (χ0) is 28.0. The van der Waals surface area contributed by atoms with E-state index in [-0.39, 0.29) is 11.8 Å². The fraction of sp³-hybridized carbons (Fsp3) is 0.108. The van der Waals surface area contributed by atoms with Gasteiger partial charge in [-0.15, -0.1) is 6.58 Å². The number of hydrogen-bond acceptors (Lipinski definition) is 3.